The summed E-state index contributed by atoms with van der Waals surface area (Å²) in [6.45, 7) is 0. The summed E-state index contributed by atoms with van der Waals surface area (Å²) in [7, 11) is -2.51. The molecule has 0 fully saturated rings. The van der Waals surface area contributed by atoms with Crippen LogP contribution in [0.1, 0.15) is 35.4 Å². The Morgan fingerprint density at radius 3 is 2.31 bits per heavy atom. The molecule has 3 aromatic carbocycles. The van der Waals surface area contributed by atoms with E-state index in [-0.39, 0.29) is 10.8 Å². The number of hydrogen-bond donors (Lipinski definition) is 1. The van der Waals surface area contributed by atoms with Crippen molar-refractivity contribution in [3.63, 3.8) is 0 Å². The van der Waals surface area contributed by atoms with Crippen LogP contribution in [0.2, 0.25) is 5.02 Å². The van der Waals surface area contributed by atoms with Crippen molar-refractivity contribution in [2.75, 3.05) is 7.11 Å². The Labute approximate surface area is 176 Å². The van der Waals surface area contributed by atoms with Crippen molar-refractivity contribution < 1.29 is 17.7 Å². The molecule has 1 unspecified atom stereocenters. The van der Waals surface area contributed by atoms with Crippen molar-refractivity contribution in [2.45, 2.75) is 30.1 Å². The van der Waals surface area contributed by atoms with Gasteiger partial charge in [0.25, 0.3) is 10.1 Å². The fraction of sp³-hybridized carbons (Fsp3) is 0.217. The molecular formula is C23H23ClO4S. The van der Waals surface area contributed by atoms with Gasteiger partial charge in [0.2, 0.25) is 0 Å². The molecule has 0 spiro atoms. The molecule has 3 aromatic rings. The monoisotopic (exact) mass is 430 g/mol. The molecule has 1 atom stereocenters. The molecule has 0 aliphatic rings. The zero-order valence-corrected chi connectivity index (χ0v) is 17.7. The fourth-order valence-electron chi connectivity index (χ4n) is 3.50. The van der Waals surface area contributed by atoms with Crippen LogP contribution in [-0.2, 0) is 16.5 Å². The van der Waals surface area contributed by atoms with Crippen LogP contribution in [0.3, 0.4) is 0 Å². The van der Waals surface area contributed by atoms with Crippen molar-refractivity contribution in [2.24, 2.45) is 0 Å². The number of ether oxygens (including phenoxy) is 1. The van der Waals surface area contributed by atoms with Gasteiger partial charge in [-0.05, 0) is 60.7 Å². The molecule has 0 aliphatic heterocycles. The van der Waals surface area contributed by atoms with E-state index in [1.165, 1.54) is 17.7 Å². The van der Waals surface area contributed by atoms with Crippen LogP contribution in [-0.4, -0.2) is 20.1 Å². The molecule has 4 nitrogen and oxygen atoms in total. The van der Waals surface area contributed by atoms with Gasteiger partial charge in [-0.3, -0.25) is 4.55 Å². The zero-order chi connectivity index (χ0) is 20.9. The maximum atomic E-state index is 11.2. The highest BCUT2D eigenvalue weighted by atomic mass is 35.5. The SMILES string of the molecule is COc1ccc(Cl)cc1C(CCCc1ccc(S(=O)(=O)O)cc1)c1ccccc1. The minimum atomic E-state index is -4.16. The van der Waals surface area contributed by atoms with Gasteiger partial charge in [-0.25, -0.2) is 0 Å². The maximum absolute atomic E-state index is 11.2. The Hall–Kier alpha value is -2.34. The number of methoxy groups -OCH3 is 1. The van der Waals surface area contributed by atoms with Gasteiger partial charge in [0, 0.05) is 16.5 Å². The molecule has 0 amide bonds. The first-order valence-electron chi connectivity index (χ1n) is 9.33. The topological polar surface area (TPSA) is 63.6 Å². The van der Waals surface area contributed by atoms with Gasteiger partial charge >= 0.3 is 0 Å². The summed E-state index contributed by atoms with van der Waals surface area (Å²) in [5.41, 5.74) is 3.25. The third-order valence-electron chi connectivity index (χ3n) is 4.95. The Morgan fingerprint density at radius 2 is 1.69 bits per heavy atom. The summed E-state index contributed by atoms with van der Waals surface area (Å²) in [5, 5.41) is 0.669. The Kier molecular flexibility index (Phi) is 6.96. The lowest BCUT2D eigenvalue weighted by Gasteiger charge is -2.21. The number of hydrogen-bond acceptors (Lipinski definition) is 3. The molecular weight excluding hydrogens is 408 g/mol. The molecule has 0 bridgehead atoms. The van der Waals surface area contributed by atoms with Crippen LogP contribution >= 0.6 is 11.6 Å². The van der Waals surface area contributed by atoms with E-state index in [0.717, 1.165) is 36.1 Å². The largest absolute Gasteiger partial charge is 0.496 e. The molecule has 0 aliphatic carbocycles. The first-order chi connectivity index (χ1) is 13.9. The minimum absolute atomic E-state index is 0.0907. The summed E-state index contributed by atoms with van der Waals surface area (Å²) < 4.78 is 37.0. The first kappa shape index (κ1) is 21.4. The number of rotatable bonds is 8. The second kappa shape index (κ2) is 9.44. The smallest absolute Gasteiger partial charge is 0.294 e. The van der Waals surface area contributed by atoms with Gasteiger partial charge in [0.15, 0.2) is 0 Å². The van der Waals surface area contributed by atoms with Crippen molar-refractivity contribution in [3.05, 3.63) is 94.5 Å². The lowest BCUT2D eigenvalue weighted by molar-refractivity contribution is 0.406. The average Bonchev–Trinajstić information content (AvgIpc) is 2.71. The Morgan fingerprint density at radius 1 is 1.00 bits per heavy atom. The highest BCUT2D eigenvalue weighted by Gasteiger charge is 2.19. The molecule has 0 saturated heterocycles. The van der Waals surface area contributed by atoms with E-state index < -0.39 is 10.1 Å². The summed E-state index contributed by atoms with van der Waals surface area (Å²) in [6, 6.07) is 22.2. The van der Waals surface area contributed by atoms with Gasteiger partial charge in [-0.1, -0.05) is 54.1 Å². The predicted octanol–water partition coefficient (Wildman–Crippen LogP) is 5.75. The maximum Gasteiger partial charge on any atom is 0.294 e. The van der Waals surface area contributed by atoms with E-state index in [2.05, 4.69) is 12.1 Å². The molecule has 0 aromatic heterocycles. The molecule has 0 radical (unpaired) electrons. The number of halogens is 1. The third-order valence-corrected chi connectivity index (χ3v) is 6.05. The lowest BCUT2D eigenvalue weighted by atomic mass is 9.86. The summed E-state index contributed by atoms with van der Waals surface area (Å²) in [6.07, 6.45) is 2.55. The normalized spacial score (nSPS) is 12.5. The summed E-state index contributed by atoms with van der Waals surface area (Å²) in [4.78, 5) is -0.0907. The predicted molar refractivity (Wildman–Crippen MR) is 115 cm³/mol. The van der Waals surface area contributed by atoms with Crippen LogP contribution in [0.15, 0.2) is 77.7 Å². The zero-order valence-electron chi connectivity index (χ0n) is 16.1. The molecule has 3 rings (SSSR count). The average molecular weight is 431 g/mol. The molecule has 152 valence electrons. The second-order valence-corrected chi connectivity index (χ2v) is 8.72. The third kappa shape index (κ3) is 5.60. The Bertz CT molecular complexity index is 1050. The van der Waals surface area contributed by atoms with Crippen LogP contribution in [0.25, 0.3) is 0 Å². The first-order valence-corrected chi connectivity index (χ1v) is 11.1. The highest BCUT2D eigenvalue weighted by molar-refractivity contribution is 7.85. The molecule has 29 heavy (non-hydrogen) atoms. The van der Waals surface area contributed by atoms with Crippen molar-refractivity contribution >= 4 is 21.7 Å². The van der Waals surface area contributed by atoms with Crippen molar-refractivity contribution in [1.29, 1.82) is 0 Å². The number of benzene rings is 3. The van der Waals surface area contributed by atoms with E-state index in [9.17, 15) is 8.42 Å². The van der Waals surface area contributed by atoms with Crippen LogP contribution in [0, 0.1) is 0 Å². The van der Waals surface area contributed by atoms with Gasteiger partial charge in [0.1, 0.15) is 5.75 Å². The van der Waals surface area contributed by atoms with E-state index in [1.54, 1.807) is 19.2 Å². The molecule has 1 N–H and O–H groups in total. The second-order valence-electron chi connectivity index (χ2n) is 6.86. The van der Waals surface area contributed by atoms with Crippen LogP contribution < -0.4 is 4.74 Å². The molecule has 0 saturated carbocycles. The quantitative estimate of drug-likeness (QED) is 0.462. The molecule has 6 heteroatoms. The Balaban J connectivity index is 1.79. The van der Waals surface area contributed by atoms with Crippen molar-refractivity contribution in [1.82, 2.24) is 0 Å². The standard InChI is InChI=1S/C23H23ClO4S/c1-28-23-15-12-19(24)16-22(23)21(18-7-3-2-4-8-18)9-5-6-17-10-13-20(14-11-17)29(25,26)27/h2-4,7-8,10-16,21H,5-6,9H2,1H3,(H,25,26,27). The van der Waals surface area contributed by atoms with Crippen LogP contribution in [0.4, 0.5) is 0 Å². The van der Waals surface area contributed by atoms with E-state index in [1.807, 2.05) is 36.4 Å². The van der Waals surface area contributed by atoms with Gasteiger partial charge < -0.3 is 4.74 Å². The van der Waals surface area contributed by atoms with Gasteiger partial charge in [0.05, 0.1) is 12.0 Å². The van der Waals surface area contributed by atoms with Crippen molar-refractivity contribution in [3.8, 4) is 5.75 Å². The summed E-state index contributed by atoms with van der Waals surface area (Å²) in [5.74, 6) is 0.933. The minimum Gasteiger partial charge on any atom is -0.496 e. The summed E-state index contributed by atoms with van der Waals surface area (Å²) >= 11 is 6.26. The van der Waals surface area contributed by atoms with Gasteiger partial charge in [-0.2, -0.15) is 8.42 Å². The lowest BCUT2D eigenvalue weighted by Crippen LogP contribution is -2.05. The van der Waals surface area contributed by atoms with E-state index in [0.29, 0.717) is 5.02 Å². The van der Waals surface area contributed by atoms with Gasteiger partial charge in [-0.15, -0.1) is 0 Å². The molecule has 0 heterocycles. The number of aryl methyl sites for hydroxylation is 1. The van der Waals surface area contributed by atoms with E-state index >= 15 is 0 Å². The fourth-order valence-corrected chi connectivity index (χ4v) is 4.16. The van der Waals surface area contributed by atoms with Crippen LogP contribution in [0.5, 0.6) is 5.75 Å². The highest BCUT2D eigenvalue weighted by Crippen LogP contribution is 2.37. The van der Waals surface area contributed by atoms with E-state index in [4.69, 9.17) is 20.9 Å².